The van der Waals surface area contributed by atoms with E-state index in [4.69, 9.17) is 9.84 Å². The van der Waals surface area contributed by atoms with Crippen LogP contribution in [0.4, 0.5) is 0 Å². The van der Waals surface area contributed by atoms with Crippen molar-refractivity contribution in [3.63, 3.8) is 0 Å². The Labute approximate surface area is 125 Å². The van der Waals surface area contributed by atoms with Crippen molar-refractivity contribution in [2.24, 2.45) is 0 Å². The third-order valence-corrected chi connectivity index (χ3v) is 4.69. The molecule has 4 nitrogen and oxygen atoms in total. The molecule has 0 bridgehead atoms. The Hall–Kier alpha value is -1.55. The SMILES string of the molecule is O=C(O)CCC1CCCCN1C1CCOc2ccccc21. The van der Waals surface area contributed by atoms with E-state index in [9.17, 15) is 4.79 Å². The molecular weight excluding hydrogens is 266 g/mol. The fourth-order valence-corrected chi connectivity index (χ4v) is 3.70. The Balaban J connectivity index is 1.79. The van der Waals surface area contributed by atoms with E-state index in [1.165, 1.54) is 18.4 Å². The molecule has 3 rings (SSSR count). The quantitative estimate of drug-likeness (QED) is 0.924. The maximum Gasteiger partial charge on any atom is 0.303 e. The van der Waals surface area contributed by atoms with Gasteiger partial charge in [0, 0.05) is 30.5 Å². The summed E-state index contributed by atoms with van der Waals surface area (Å²) in [6, 6.07) is 9.05. The molecule has 0 spiro atoms. The highest BCUT2D eigenvalue weighted by molar-refractivity contribution is 5.66. The standard InChI is InChI=1S/C17H23NO3/c19-17(20)9-8-13-5-3-4-11-18(13)15-10-12-21-16-7-2-1-6-14(15)16/h1-2,6-7,13,15H,3-5,8-12H2,(H,19,20). The molecule has 2 atom stereocenters. The van der Waals surface area contributed by atoms with Gasteiger partial charge in [-0.15, -0.1) is 0 Å². The number of carbonyl (C=O) groups is 1. The van der Waals surface area contributed by atoms with Crippen molar-refractivity contribution in [3.8, 4) is 5.75 Å². The van der Waals surface area contributed by atoms with Gasteiger partial charge >= 0.3 is 5.97 Å². The van der Waals surface area contributed by atoms with Crippen molar-refractivity contribution in [2.75, 3.05) is 13.2 Å². The summed E-state index contributed by atoms with van der Waals surface area (Å²) in [5, 5.41) is 8.96. The molecule has 0 saturated carbocycles. The molecule has 1 N–H and O–H groups in total. The van der Waals surface area contributed by atoms with Gasteiger partial charge in [0.15, 0.2) is 0 Å². The number of benzene rings is 1. The van der Waals surface area contributed by atoms with Gasteiger partial charge in [0.05, 0.1) is 6.61 Å². The minimum atomic E-state index is -0.687. The van der Waals surface area contributed by atoms with Crippen LogP contribution in [0.2, 0.25) is 0 Å². The zero-order valence-corrected chi connectivity index (χ0v) is 12.3. The number of piperidine rings is 1. The van der Waals surface area contributed by atoms with E-state index < -0.39 is 5.97 Å². The Bertz CT molecular complexity index is 503. The highest BCUT2D eigenvalue weighted by atomic mass is 16.5. The number of carboxylic acid groups (broad SMARTS) is 1. The van der Waals surface area contributed by atoms with Crippen LogP contribution < -0.4 is 4.74 Å². The van der Waals surface area contributed by atoms with Crippen LogP contribution in [0.5, 0.6) is 5.75 Å². The first kappa shape index (κ1) is 14.4. The minimum absolute atomic E-state index is 0.270. The molecule has 1 fully saturated rings. The highest BCUT2D eigenvalue weighted by Crippen LogP contribution is 2.39. The molecule has 1 aromatic carbocycles. The van der Waals surface area contributed by atoms with Gasteiger partial charge in [0.1, 0.15) is 5.75 Å². The predicted molar refractivity (Wildman–Crippen MR) is 80.5 cm³/mol. The largest absolute Gasteiger partial charge is 0.493 e. The van der Waals surface area contributed by atoms with E-state index in [0.717, 1.165) is 38.2 Å². The minimum Gasteiger partial charge on any atom is -0.493 e. The van der Waals surface area contributed by atoms with Crippen molar-refractivity contribution in [3.05, 3.63) is 29.8 Å². The van der Waals surface area contributed by atoms with E-state index in [-0.39, 0.29) is 6.42 Å². The number of para-hydroxylation sites is 1. The molecule has 21 heavy (non-hydrogen) atoms. The number of hydrogen-bond donors (Lipinski definition) is 1. The summed E-state index contributed by atoms with van der Waals surface area (Å²) in [6.45, 7) is 1.83. The Kier molecular flexibility index (Phi) is 4.44. The van der Waals surface area contributed by atoms with Gasteiger partial charge in [-0.2, -0.15) is 0 Å². The number of fused-ring (bicyclic) bond motifs is 1. The van der Waals surface area contributed by atoms with Gasteiger partial charge in [-0.05, 0) is 31.9 Å². The number of rotatable bonds is 4. The molecule has 0 amide bonds. The van der Waals surface area contributed by atoms with Crippen LogP contribution in [0.15, 0.2) is 24.3 Å². The summed E-state index contributed by atoms with van der Waals surface area (Å²) in [4.78, 5) is 13.4. The number of carboxylic acids is 1. The maximum atomic E-state index is 10.9. The van der Waals surface area contributed by atoms with E-state index in [0.29, 0.717) is 12.1 Å². The molecule has 0 aromatic heterocycles. The van der Waals surface area contributed by atoms with Crippen molar-refractivity contribution >= 4 is 5.97 Å². The molecule has 0 aliphatic carbocycles. The van der Waals surface area contributed by atoms with Crippen molar-refractivity contribution in [2.45, 2.75) is 50.6 Å². The molecule has 1 saturated heterocycles. The smallest absolute Gasteiger partial charge is 0.303 e. The second kappa shape index (κ2) is 6.48. The monoisotopic (exact) mass is 289 g/mol. The summed E-state index contributed by atoms with van der Waals surface area (Å²) < 4.78 is 5.76. The van der Waals surface area contributed by atoms with E-state index in [1.807, 2.05) is 12.1 Å². The van der Waals surface area contributed by atoms with Gasteiger partial charge < -0.3 is 9.84 Å². The number of nitrogens with zero attached hydrogens (tertiary/aromatic N) is 1. The van der Waals surface area contributed by atoms with Crippen LogP contribution in [0.1, 0.15) is 50.1 Å². The van der Waals surface area contributed by atoms with Gasteiger partial charge in [-0.1, -0.05) is 24.6 Å². The molecule has 2 unspecified atom stereocenters. The molecule has 0 radical (unpaired) electrons. The van der Waals surface area contributed by atoms with E-state index >= 15 is 0 Å². The van der Waals surface area contributed by atoms with E-state index in [2.05, 4.69) is 17.0 Å². The zero-order valence-electron chi connectivity index (χ0n) is 12.3. The number of ether oxygens (including phenoxy) is 1. The van der Waals surface area contributed by atoms with Crippen LogP contribution in [-0.2, 0) is 4.79 Å². The van der Waals surface area contributed by atoms with Crippen LogP contribution in [0.3, 0.4) is 0 Å². The molecule has 1 aromatic rings. The van der Waals surface area contributed by atoms with Crippen LogP contribution in [0, 0.1) is 0 Å². The highest BCUT2D eigenvalue weighted by Gasteiger charge is 2.33. The van der Waals surface area contributed by atoms with Gasteiger partial charge in [0.25, 0.3) is 0 Å². The zero-order chi connectivity index (χ0) is 14.7. The van der Waals surface area contributed by atoms with Crippen molar-refractivity contribution < 1.29 is 14.6 Å². The van der Waals surface area contributed by atoms with Crippen LogP contribution in [0.25, 0.3) is 0 Å². The molecule has 2 heterocycles. The van der Waals surface area contributed by atoms with Crippen molar-refractivity contribution in [1.29, 1.82) is 0 Å². The third kappa shape index (κ3) is 3.21. The Morgan fingerprint density at radius 2 is 2.14 bits per heavy atom. The normalized spacial score (nSPS) is 25.9. The summed E-state index contributed by atoms with van der Waals surface area (Å²) in [7, 11) is 0. The fraction of sp³-hybridized carbons (Fsp3) is 0.588. The number of hydrogen-bond acceptors (Lipinski definition) is 3. The molecule has 2 aliphatic heterocycles. The Morgan fingerprint density at radius 1 is 1.29 bits per heavy atom. The third-order valence-electron chi connectivity index (χ3n) is 4.69. The first-order chi connectivity index (χ1) is 10.3. The molecular formula is C17H23NO3. The number of likely N-dealkylation sites (tertiary alicyclic amines) is 1. The lowest BCUT2D eigenvalue weighted by molar-refractivity contribution is -0.137. The summed E-state index contributed by atoms with van der Waals surface area (Å²) in [5.41, 5.74) is 1.27. The first-order valence-corrected chi connectivity index (χ1v) is 7.95. The van der Waals surface area contributed by atoms with Gasteiger partial charge in [-0.3, -0.25) is 9.69 Å². The topological polar surface area (TPSA) is 49.8 Å². The molecule has 114 valence electrons. The maximum absolute atomic E-state index is 10.9. The molecule has 2 aliphatic rings. The average Bonchev–Trinajstić information content (AvgIpc) is 2.53. The van der Waals surface area contributed by atoms with Gasteiger partial charge in [0.2, 0.25) is 0 Å². The fourth-order valence-electron chi connectivity index (χ4n) is 3.70. The average molecular weight is 289 g/mol. The lowest BCUT2D eigenvalue weighted by atomic mass is 9.91. The van der Waals surface area contributed by atoms with Crippen molar-refractivity contribution in [1.82, 2.24) is 4.90 Å². The predicted octanol–water partition coefficient (Wildman–Crippen LogP) is 3.23. The second-order valence-corrected chi connectivity index (χ2v) is 6.01. The lowest BCUT2D eigenvalue weighted by Gasteiger charge is -2.43. The Morgan fingerprint density at radius 3 is 3.00 bits per heavy atom. The molecule has 4 heteroatoms. The van der Waals surface area contributed by atoms with Crippen LogP contribution >= 0.6 is 0 Å². The summed E-state index contributed by atoms with van der Waals surface area (Å²) in [5.74, 6) is 0.309. The number of aliphatic carboxylic acids is 1. The summed E-state index contributed by atoms with van der Waals surface area (Å²) in [6.07, 6.45) is 5.57. The second-order valence-electron chi connectivity index (χ2n) is 6.01. The summed E-state index contributed by atoms with van der Waals surface area (Å²) >= 11 is 0. The first-order valence-electron chi connectivity index (χ1n) is 7.95. The van der Waals surface area contributed by atoms with E-state index in [1.54, 1.807) is 0 Å². The van der Waals surface area contributed by atoms with Gasteiger partial charge in [-0.25, -0.2) is 0 Å². The lowest BCUT2D eigenvalue weighted by Crippen LogP contribution is -2.43. The van der Waals surface area contributed by atoms with Crippen LogP contribution in [-0.4, -0.2) is 35.2 Å².